The Morgan fingerprint density at radius 1 is 1.12 bits per heavy atom. The zero-order chi connectivity index (χ0) is 18.6. The fraction of sp³-hybridized carbons (Fsp3) is 0.211. The number of nitrogens with zero attached hydrogens (tertiary/aromatic N) is 1. The van der Waals surface area contributed by atoms with Gasteiger partial charge in [-0.3, -0.25) is 9.55 Å². The number of H-pyrrole nitrogens is 1. The van der Waals surface area contributed by atoms with Gasteiger partial charge < -0.3 is 10.3 Å². The second-order valence-electron chi connectivity index (χ2n) is 6.08. The highest BCUT2D eigenvalue weighted by atomic mass is 32.2. The van der Waals surface area contributed by atoms with Crippen LogP contribution in [0.2, 0.25) is 0 Å². The van der Waals surface area contributed by atoms with Crippen LogP contribution in [0.25, 0.3) is 10.9 Å². The van der Waals surface area contributed by atoms with Gasteiger partial charge in [-0.1, -0.05) is 35.9 Å². The number of hydrogen-bond donors (Lipinski definition) is 3. The number of para-hydroxylation sites is 1. The van der Waals surface area contributed by atoms with E-state index in [1.165, 1.54) is 28.6 Å². The molecule has 0 saturated heterocycles. The van der Waals surface area contributed by atoms with E-state index in [9.17, 15) is 8.42 Å². The van der Waals surface area contributed by atoms with Crippen molar-refractivity contribution in [2.75, 3.05) is 13.1 Å². The van der Waals surface area contributed by atoms with Crippen molar-refractivity contribution in [2.45, 2.75) is 18.2 Å². The molecule has 4 rings (SSSR count). The van der Waals surface area contributed by atoms with Gasteiger partial charge in [-0.15, -0.1) is 0 Å². The van der Waals surface area contributed by atoms with E-state index < -0.39 is 10.1 Å². The van der Waals surface area contributed by atoms with Crippen molar-refractivity contribution in [1.82, 2.24) is 10.3 Å². The van der Waals surface area contributed by atoms with Gasteiger partial charge in [0.1, 0.15) is 5.84 Å². The van der Waals surface area contributed by atoms with Crippen molar-refractivity contribution in [1.29, 1.82) is 0 Å². The summed E-state index contributed by atoms with van der Waals surface area (Å²) in [7, 11) is -4.02. The van der Waals surface area contributed by atoms with E-state index in [1.807, 2.05) is 13.0 Å². The van der Waals surface area contributed by atoms with Gasteiger partial charge in [-0.25, -0.2) is 0 Å². The minimum absolute atomic E-state index is 0.0666. The van der Waals surface area contributed by atoms with Gasteiger partial charge in [-0.2, -0.15) is 8.42 Å². The Kier molecular flexibility index (Phi) is 5.39. The van der Waals surface area contributed by atoms with Crippen molar-refractivity contribution >= 4 is 26.9 Å². The smallest absolute Gasteiger partial charge is 0.294 e. The van der Waals surface area contributed by atoms with Crippen LogP contribution < -0.4 is 5.32 Å². The molecule has 1 aliphatic rings. The monoisotopic (exact) mass is 371 g/mol. The van der Waals surface area contributed by atoms with E-state index in [2.05, 4.69) is 39.7 Å². The number of aromatic nitrogens is 1. The highest BCUT2D eigenvalue weighted by Crippen LogP contribution is 2.18. The summed E-state index contributed by atoms with van der Waals surface area (Å²) >= 11 is 0. The molecule has 0 unspecified atom stereocenters. The predicted molar refractivity (Wildman–Crippen MR) is 103 cm³/mol. The fourth-order valence-corrected chi connectivity index (χ4v) is 3.21. The number of amidine groups is 1. The Balaban J connectivity index is 0.000000160. The third kappa shape index (κ3) is 4.50. The lowest BCUT2D eigenvalue weighted by Gasteiger charge is -2.00. The molecule has 0 bridgehead atoms. The van der Waals surface area contributed by atoms with Crippen LogP contribution in [0.5, 0.6) is 0 Å². The minimum atomic E-state index is -4.02. The number of aryl methyl sites for hydroxylation is 1. The quantitative estimate of drug-likeness (QED) is 0.617. The van der Waals surface area contributed by atoms with E-state index in [4.69, 9.17) is 4.55 Å². The lowest BCUT2D eigenvalue weighted by Crippen LogP contribution is -2.20. The zero-order valence-electron chi connectivity index (χ0n) is 14.4. The van der Waals surface area contributed by atoms with Crippen molar-refractivity contribution in [3.63, 3.8) is 0 Å². The molecule has 1 aromatic heterocycles. The van der Waals surface area contributed by atoms with E-state index >= 15 is 0 Å². The molecule has 0 spiro atoms. The molecule has 7 heteroatoms. The van der Waals surface area contributed by atoms with Crippen LogP contribution in [0.15, 0.2) is 64.6 Å². The molecule has 0 amide bonds. The van der Waals surface area contributed by atoms with E-state index in [0.717, 1.165) is 30.9 Å². The first-order valence-electron chi connectivity index (χ1n) is 8.30. The predicted octanol–water partition coefficient (Wildman–Crippen LogP) is 2.95. The second-order valence-corrected chi connectivity index (χ2v) is 7.50. The number of nitrogens with one attached hydrogen (secondary N) is 2. The maximum Gasteiger partial charge on any atom is 0.294 e. The maximum absolute atomic E-state index is 10.5. The van der Waals surface area contributed by atoms with Crippen LogP contribution in [0.3, 0.4) is 0 Å². The van der Waals surface area contributed by atoms with Crippen LogP contribution in [0.4, 0.5) is 0 Å². The molecule has 1 aliphatic heterocycles. The molecule has 0 atom stereocenters. The summed E-state index contributed by atoms with van der Waals surface area (Å²) in [5.41, 5.74) is 3.47. The van der Waals surface area contributed by atoms with Crippen molar-refractivity contribution in [2.24, 2.45) is 4.99 Å². The van der Waals surface area contributed by atoms with Gasteiger partial charge in [0.05, 0.1) is 11.4 Å². The maximum atomic E-state index is 10.5. The van der Waals surface area contributed by atoms with Crippen molar-refractivity contribution < 1.29 is 13.0 Å². The molecule has 136 valence electrons. The SMILES string of the molecule is Cc1ccc(S(=O)(=O)O)cc1.c1ccc2c(CC3=NCCN3)c[nH]c2c1. The molecule has 2 aromatic carbocycles. The minimum Gasteiger partial charge on any atom is -0.372 e. The summed E-state index contributed by atoms with van der Waals surface area (Å²) in [4.78, 5) is 7.62. The third-order valence-corrected chi connectivity index (χ3v) is 4.96. The summed E-state index contributed by atoms with van der Waals surface area (Å²) in [6.07, 6.45) is 2.98. The largest absolute Gasteiger partial charge is 0.372 e. The molecular formula is C19H21N3O3S. The van der Waals surface area contributed by atoms with Crippen LogP contribution in [0, 0.1) is 6.92 Å². The lowest BCUT2D eigenvalue weighted by molar-refractivity contribution is 0.483. The highest BCUT2D eigenvalue weighted by Gasteiger charge is 2.09. The Morgan fingerprint density at radius 3 is 2.50 bits per heavy atom. The molecule has 0 radical (unpaired) electrons. The molecule has 0 fully saturated rings. The number of hydrogen-bond acceptors (Lipinski definition) is 4. The van der Waals surface area contributed by atoms with Crippen molar-refractivity contribution in [3.8, 4) is 0 Å². The van der Waals surface area contributed by atoms with Crippen LogP contribution >= 0.6 is 0 Å². The number of aliphatic imine (C=N–C) groups is 1. The summed E-state index contributed by atoms with van der Waals surface area (Å²) in [6, 6.07) is 14.4. The van der Waals surface area contributed by atoms with Gasteiger partial charge in [0, 0.05) is 30.1 Å². The molecule has 6 nitrogen and oxygen atoms in total. The Hall–Kier alpha value is -2.64. The molecule has 3 N–H and O–H groups in total. The number of benzene rings is 2. The fourth-order valence-electron chi connectivity index (χ4n) is 2.73. The van der Waals surface area contributed by atoms with Gasteiger partial charge in [0.25, 0.3) is 10.1 Å². The summed E-state index contributed by atoms with van der Waals surface area (Å²) in [5, 5.41) is 4.60. The molecule has 26 heavy (non-hydrogen) atoms. The topological polar surface area (TPSA) is 94.6 Å². The molecule has 0 aliphatic carbocycles. The van der Waals surface area contributed by atoms with E-state index in [1.54, 1.807) is 12.1 Å². The van der Waals surface area contributed by atoms with Gasteiger partial charge in [-0.05, 0) is 30.7 Å². The molecule has 2 heterocycles. The summed E-state index contributed by atoms with van der Waals surface area (Å²) in [5.74, 6) is 1.11. The Labute approximate surface area is 152 Å². The number of rotatable bonds is 3. The van der Waals surface area contributed by atoms with Gasteiger partial charge in [0.15, 0.2) is 0 Å². The summed E-state index contributed by atoms with van der Waals surface area (Å²) in [6.45, 7) is 3.74. The van der Waals surface area contributed by atoms with E-state index in [-0.39, 0.29) is 4.90 Å². The van der Waals surface area contributed by atoms with Crippen LogP contribution in [-0.2, 0) is 16.5 Å². The highest BCUT2D eigenvalue weighted by molar-refractivity contribution is 7.85. The molecular weight excluding hydrogens is 350 g/mol. The average molecular weight is 371 g/mol. The zero-order valence-corrected chi connectivity index (χ0v) is 15.3. The van der Waals surface area contributed by atoms with Crippen molar-refractivity contribution in [3.05, 3.63) is 65.9 Å². The molecule has 0 saturated carbocycles. The second kappa shape index (κ2) is 7.72. The Morgan fingerprint density at radius 2 is 1.85 bits per heavy atom. The Bertz CT molecular complexity index is 1020. The van der Waals surface area contributed by atoms with E-state index in [0.29, 0.717) is 0 Å². The lowest BCUT2D eigenvalue weighted by atomic mass is 10.1. The number of fused-ring (bicyclic) bond motifs is 1. The normalized spacial score (nSPS) is 13.7. The first kappa shape index (κ1) is 18.2. The first-order chi connectivity index (χ1) is 12.4. The van der Waals surface area contributed by atoms with Crippen LogP contribution in [-0.4, -0.2) is 36.9 Å². The average Bonchev–Trinajstić information content (AvgIpc) is 3.26. The first-order valence-corrected chi connectivity index (χ1v) is 9.74. The standard InChI is InChI=1S/C12H13N3.C7H8O3S/c1-2-4-11-10(3-1)9(8-15-11)7-12-13-5-6-14-12;1-6-2-4-7(5-3-6)11(8,9)10/h1-4,8,15H,5-7H2,(H,13,14);2-5H,1H3,(H,8,9,10). The van der Waals surface area contributed by atoms with Crippen LogP contribution in [0.1, 0.15) is 11.1 Å². The summed E-state index contributed by atoms with van der Waals surface area (Å²) < 4.78 is 29.6. The number of aromatic amines is 1. The third-order valence-electron chi connectivity index (χ3n) is 4.10. The van der Waals surface area contributed by atoms with Gasteiger partial charge >= 0.3 is 0 Å². The van der Waals surface area contributed by atoms with Gasteiger partial charge in [0.2, 0.25) is 0 Å². The molecule has 3 aromatic rings.